The molecule has 1 aliphatic rings. The lowest BCUT2D eigenvalue weighted by Gasteiger charge is -2.30. The van der Waals surface area contributed by atoms with Gasteiger partial charge in [0.05, 0.1) is 18.9 Å². The van der Waals surface area contributed by atoms with E-state index in [1.165, 1.54) is 0 Å². The van der Waals surface area contributed by atoms with E-state index in [9.17, 15) is 4.79 Å². The summed E-state index contributed by atoms with van der Waals surface area (Å²) in [5, 5.41) is 9.02. The molecule has 7 heteroatoms. The number of oxazole rings is 1. The summed E-state index contributed by atoms with van der Waals surface area (Å²) in [6.07, 6.45) is 10.9. The molecule has 30 heavy (non-hydrogen) atoms. The monoisotopic (exact) mass is 401 g/mol. The highest BCUT2D eigenvalue weighted by Gasteiger charge is 2.25. The van der Waals surface area contributed by atoms with E-state index in [-0.39, 0.29) is 11.7 Å². The second kappa shape index (κ2) is 8.20. The third-order valence-electron chi connectivity index (χ3n) is 5.85. The number of aromatic nitrogens is 4. The van der Waals surface area contributed by atoms with Crippen LogP contribution in [0.3, 0.4) is 0 Å². The standard InChI is InChI=1S/C23H23N5O2/c29-22(16-3-6-28(7-4-16)15-23-24-5-8-30-23)11-21-10-19-9-17(20-13-26-27-14-20)1-2-18(19)12-25-21/h1-2,5,8-10,12-14,16H,3-4,6-7,11,15H2,(H,26,27). The summed E-state index contributed by atoms with van der Waals surface area (Å²) in [7, 11) is 0. The van der Waals surface area contributed by atoms with Crippen LogP contribution in [-0.4, -0.2) is 43.9 Å². The molecule has 0 unspecified atom stereocenters. The first-order valence-corrected chi connectivity index (χ1v) is 10.3. The van der Waals surface area contributed by atoms with Gasteiger partial charge in [-0.2, -0.15) is 5.10 Å². The second-order valence-corrected chi connectivity index (χ2v) is 7.84. The van der Waals surface area contributed by atoms with Crippen molar-refractivity contribution < 1.29 is 9.21 Å². The van der Waals surface area contributed by atoms with Crippen LogP contribution >= 0.6 is 0 Å². The van der Waals surface area contributed by atoms with Crippen LogP contribution in [0.4, 0.5) is 0 Å². The zero-order valence-electron chi connectivity index (χ0n) is 16.6. The quantitative estimate of drug-likeness (QED) is 0.531. The fraction of sp³-hybridized carbons (Fsp3) is 0.304. The predicted octanol–water partition coefficient (Wildman–Crippen LogP) is 3.64. The van der Waals surface area contributed by atoms with Crippen molar-refractivity contribution in [3.8, 4) is 11.1 Å². The maximum absolute atomic E-state index is 12.9. The first kappa shape index (κ1) is 18.7. The van der Waals surface area contributed by atoms with E-state index in [4.69, 9.17) is 4.42 Å². The molecule has 0 spiro atoms. The Labute approximate surface area is 174 Å². The molecule has 0 bridgehead atoms. The van der Waals surface area contributed by atoms with Crippen LogP contribution in [0.1, 0.15) is 24.4 Å². The van der Waals surface area contributed by atoms with Crippen molar-refractivity contribution in [1.82, 2.24) is 25.1 Å². The number of hydrogen-bond donors (Lipinski definition) is 1. The maximum atomic E-state index is 12.9. The molecule has 7 nitrogen and oxygen atoms in total. The number of fused-ring (bicyclic) bond motifs is 1. The molecule has 1 aromatic carbocycles. The molecular formula is C23H23N5O2. The summed E-state index contributed by atoms with van der Waals surface area (Å²) < 4.78 is 5.32. The second-order valence-electron chi connectivity index (χ2n) is 7.84. The number of carbonyl (C=O) groups is 1. The molecule has 0 amide bonds. The molecule has 0 aliphatic carbocycles. The normalized spacial score (nSPS) is 15.6. The van der Waals surface area contributed by atoms with Gasteiger partial charge >= 0.3 is 0 Å². The number of pyridine rings is 1. The highest BCUT2D eigenvalue weighted by Crippen LogP contribution is 2.25. The van der Waals surface area contributed by atoms with E-state index in [0.29, 0.717) is 13.0 Å². The van der Waals surface area contributed by atoms with E-state index in [1.54, 1.807) is 18.7 Å². The lowest BCUT2D eigenvalue weighted by Crippen LogP contribution is -2.36. The van der Waals surface area contributed by atoms with E-state index in [2.05, 4.69) is 43.3 Å². The Kier molecular flexibility index (Phi) is 5.11. The predicted molar refractivity (Wildman–Crippen MR) is 113 cm³/mol. The van der Waals surface area contributed by atoms with E-state index in [0.717, 1.165) is 59.4 Å². The van der Waals surface area contributed by atoms with Gasteiger partial charge in [0.15, 0.2) is 0 Å². The van der Waals surface area contributed by atoms with Crippen molar-refractivity contribution in [2.75, 3.05) is 13.1 Å². The highest BCUT2D eigenvalue weighted by molar-refractivity contribution is 5.88. The Balaban J connectivity index is 1.23. The SMILES string of the molecule is O=C(Cc1cc2cc(-c3cn[nH]c3)ccc2cn1)C1CCN(Cc2ncco2)CC1. The average Bonchev–Trinajstić information content (AvgIpc) is 3.48. The fourth-order valence-corrected chi connectivity index (χ4v) is 4.13. The van der Waals surface area contributed by atoms with Crippen LogP contribution in [0.25, 0.3) is 21.9 Å². The van der Waals surface area contributed by atoms with Gasteiger partial charge in [-0.15, -0.1) is 0 Å². The molecule has 3 aromatic heterocycles. The third-order valence-corrected chi connectivity index (χ3v) is 5.85. The minimum atomic E-state index is 0.0978. The van der Waals surface area contributed by atoms with Crippen LogP contribution in [0, 0.1) is 5.92 Å². The van der Waals surface area contributed by atoms with Crippen LogP contribution in [0.15, 0.2) is 59.7 Å². The number of carbonyl (C=O) groups excluding carboxylic acids is 1. The number of piperidine rings is 1. The summed E-state index contributed by atoms with van der Waals surface area (Å²) in [6, 6.07) is 8.27. The van der Waals surface area contributed by atoms with Crippen molar-refractivity contribution in [1.29, 1.82) is 0 Å². The molecule has 1 aliphatic heterocycles. The Morgan fingerprint density at radius 3 is 2.77 bits per heavy atom. The van der Waals surface area contributed by atoms with Crippen LogP contribution in [0.5, 0.6) is 0 Å². The van der Waals surface area contributed by atoms with Gasteiger partial charge in [-0.3, -0.25) is 19.8 Å². The smallest absolute Gasteiger partial charge is 0.208 e. The molecule has 0 radical (unpaired) electrons. The Bertz CT molecular complexity index is 1130. The van der Waals surface area contributed by atoms with Crippen molar-refractivity contribution >= 4 is 16.6 Å². The number of hydrogen-bond acceptors (Lipinski definition) is 6. The molecule has 4 aromatic rings. The first-order valence-electron chi connectivity index (χ1n) is 10.3. The summed E-state index contributed by atoms with van der Waals surface area (Å²) >= 11 is 0. The Morgan fingerprint density at radius 2 is 2.00 bits per heavy atom. The first-order chi connectivity index (χ1) is 14.7. The molecule has 1 fully saturated rings. The summed E-state index contributed by atoms with van der Waals surface area (Å²) in [6.45, 7) is 2.48. The lowest BCUT2D eigenvalue weighted by atomic mass is 9.90. The fourth-order valence-electron chi connectivity index (χ4n) is 4.13. The lowest BCUT2D eigenvalue weighted by molar-refractivity contribution is -0.123. The Morgan fingerprint density at radius 1 is 1.10 bits per heavy atom. The summed E-state index contributed by atoms with van der Waals surface area (Å²) in [4.78, 5) is 23.9. The van der Waals surface area contributed by atoms with Crippen molar-refractivity contribution in [3.63, 3.8) is 0 Å². The highest BCUT2D eigenvalue weighted by atomic mass is 16.3. The van der Waals surface area contributed by atoms with Gasteiger partial charge in [-0.1, -0.05) is 12.1 Å². The minimum Gasteiger partial charge on any atom is -0.448 e. The topological polar surface area (TPSA) is 87.9 Å². The molecule has 4 heterocycles. The van der Waals surface area contributed by atoms with Crippen molar-refractivity contribution in [3.05, 3.63) is 66.9 Å². The Hall–Kier alpha value is -3.32. The zero-order chi connectivity index (χ0) is 20.3. The van der Waals surface area contributed by atoms with E-state index >= 15 is 0 Å². The molecule has 5 rings (SSSR count). The third kappa shape index (κ3) is 4.02. The number of ketones is 1. The van der Waals surface area contributed by atoms with Gasteiger partial charge in [0.2, 0.25) is 5.89 Å². The zero-order valence-corrected chi connectivity index (χ0v) is 16.6. The van der Waals surface area contributed by atoms with Gasteiger partial charge in [0, 0.05) is 41.4 Å². The van der Waals surface area contributed by atoms with Gasteiger partial charge in [-0.25, -0.2) is 4.98 Å². The minimum absolute atomic E-state index is 0.0978. The van der Waals surface area contributed by atoms with Crippen molar-refractivity contribution in [2.24, 2.45) is 5.92 Å². The number of benzene rings is 1. The molecule has 152 valence electrons. The molecule has 0 saturated carbocycles. The maximum Gasteiger partial charge on any atom is 0.208 e. The van der Waals surface area contributed by atoms with Gasteiger partial charge in [0.1, 0.15) is 12.0 Å². The largest absolute Gasteiger partial charge is 0.448 e. The van der Waals surface area contributed by atoms with Gasteiger partial charge in [-0.05, 0) is 49.0 Å². The average molecular weight is 401 g/mol. The molecule has 0 atom stereocenters. The number of aromatic amines is 1. The number of likely N-dealkylation sites (tertiary alicyclic amines) is 1. The molecular weight excluding hydrogens is 378 g/mol. The molecule has 1 saturated heterocycles. The van der Waals surface area contributed by atoms with Gasteiger partial charge < -0.3 is 4.42 Å². The van der Waals surface area contributed by atoms with E-state index in [1.807, 2.05) is 18.5 Å². The number of nitrogens with zero attached hydrogens (tertiary/aromatic N) is 4. The summed E-state index contributed by atoms with van der Waals surface area (Å²) in [5.74, 6) is 1.11. The van der Waals surface area contributed by atoms with Crippen LogP contribution in [0.2, 0.25) is 0 Å². The number of H-pyrrole nitrogens is 1. The van der Waals surface area contributed by atoms with Crippen LogP contribution in [-0.2, 0) is 17.8 Å². The van der Waals surface area contributed by atoms with Crippen LogP contribution < -0.4 is 0 Å². The van der Waals surface area contributed by atoms with E-state index < -0.39 is 0 Å². The number of nitrogens with one attached hydrogen (secondary N) is 1. The molecule has 1 N–H and O–H groups in total. The summed E-state index contributed by atoms with van der Waals surface area (Å²) in [5.41, 5.74) is 2.97. The number of rotatable bonds is 6. The number of Topliss-reactive ketones (excluding diaryl/α,β-unsaturated/α-hetero) is 1. The van der Waals surface area contributed by atoms with Crippen molar-refractivity contribution in [2.45, 2.75) is 25.8 Å². The van der Waals surface area contributed by atoms with Gasteiger partial charge in [0.25, 0.3) is 0 Å².